The molecule has 0 spiro atoms. The van der Waals surface area contributed by atoms with Crippen LogP contribution in [-0.4, -0.2) is 16.7 Å². The Balaban J connectivity index is 2.63. The Morgan fingerprint density at radius 2 is 2.08 bits per heavy atom. The lowest BCUT2D eigenvalue weighted by Crippen LogP contribution is -2.53. The minimum absolute atomic E-state index is 0.0600. The van der Waals surface area contributed by atoms with Gasteiger partial charge in [-0.15, -0.1) is 0 Å². The van der Waals surface area contributed by atoms with E-state index in [4.69, 9.17) is 5.73 Å². The van der Waals surface area contributed by atoms with Gasteiger partial charge in [-0.25, -0.2) is 0 Å². The van der Waals surface area contributed by atoms with Crippen LogP contribution in [0.4, 0.5) is 0 Å². The molecular weight excluding hydrogens is 162 g/mol. The molecule has 0 radical (unpaired) electrons. The lowest BCUT2D eigenvalue weighted by molar-refractivity contribution is -0.0457. The van der Waals surface area contributed by atoms with Crippen molar-refractivity contribution in [2.45, 2.75) is 58.1 Å². The van der Waals surface area contributed by atoms with Crippen molar-refractivity contribution in [2.75, 3.05) is 0 Å². The van der Waals surface area contributed by atoms with Gasteiger partial charge in [0.15, 0.2) is 0 Å². The van der Waals surface area contributed by atoms with Gasteiger partial charge in [-0.1, -0.05) is 33.6 Å². The SMILES string of the molecule is CC1CCCC(O)(C(N)C(C)C)C1. The van der Waals surface area contributed by atoms with E-state index in [1.807, 2.05) is 0 Å². The Hall–Kier alpha value is -0.0800. The summed E-state index contributed by atoms with van der Waals surface area (Å²) in [5.74, 6) is 0.999. The Morgan fingerprint density at radius 1 is 1.46 bits per heavy atom. The molecule has 1 saturated carbocycles. The van der Waals surface area contributed by atoms with Crippen LogP contribution in [0, 0.1) is 11.8 Å². The van der Waals surface area contributed by atoms with Gasteiger partial charge in [0, 0.05) is 6.04 Å². The Morgan fingerprint density at radius 3 is 2.54 bits per heavy atom. The van der Waals surface area contributed by atoms with E-state index in [-0.39, 0.29) is 6.04 Å². The number of hydrogen-bond donors (Lipinski definition) is 2. The average molecular weight is 185 g/mol. The summed E-state index contributed by atoms with van der Waals surface area (Å²) >= 11 is 0. The van der Waals surface area contributed by atoms with E-state index in [1.54, 1.807) is 0 Å². The summed E-state index contributed by atoms with van der Waals surface area (Å²) < 4.78 is 0. The third-order valence-electron chi connectivity index (χ3n) is 3.35. The summed E-state index contributed by atoms with van der Waals surface area (Å²) in [6.07, 6.45) is 4.13. The monoisotopic (exact) mass is 185 g/mol. The molecule has 0 aliphatic heterocycles. The summed E-state index contributed by atoms with van der Waals surface area (Å²) in [5.41, 5.74) is 5.45. The van der Waals surface area contributed by atoms with Crippen molar-refractivity contribution >= 4 is 0 Å². The van der Waals surface area contributed by atoms with Crippen LogP contribution in [0.2, 0.25) is 0 Å². The quantitative estimate of drug-likeness (QED) is 0.690. The fraction of sp³-hybridized carbons (Fsp3) is 1.00. The van der Waals surface area contributed by atoms with Gasteiger partial charge in [-0.2, -0.15) is 0 Å². The summed E-state index contributed by atoms with van der Waals surface area (Å²) in [6, 6.07) is -0.0600. The molecule has 13 heavy (non-hydrogen) atoms. The van der Waals surface area contributed by atoms with Crippen molar-refractivity contribution in [1.82, 2.24) is 0 Å². The molecule has 1 aliphatic carbocycles. The van der Waals surface area contributed by atoms with Crippen LogP contribution in [0.3, 0.4) is 0 Å². The minimum Gasteiger partial charge on any atom is -0.388 e. The number of nitrogens with two attached hydrogens (primary N) is 1. The Bertz CT molecular complexity index is 169. The van der Waals surface area contributed by atoms with Gasteiger partial charge in [0.2, 0.25) is 0 Å². The second-order valence-electron chi connectivity index (χ2n) is 5.07. The Kier molecular flexibility index (Phi) is 3.36. The molecule has 3 N–H and O–H groups in total. The summed E-state index contributed by atoms with van der Waals surface area (Å²) in [5, 5.41) is 10.4. The largest absolute Gasteiger partial charge is 0.388 e. The van der Waals surface area contributed by atoms with Crippen molar-refractivity contribution in [3.8, 4) is 0 Å². The highest BCUT2D eigenvalue weighted by molar-refractivity contribution is 4.94. The maximum Gasteiger partial charge on any atom is 0.0802 e. The lowest BCUT2D eigenvalue weighted by atomic mass is 9.72. The van der Waals surface area contributed by atoms with Gasteiger partial charge in [-0.3, -0.25) is 0 Å². The lowest BCUT2D eigenvalue weighted by Gasteiger charge is -2.41. The normalized spacial score (nSPS) is 37.8. The van der Waals surface area contributed by atoms with E-state index >= 15 is 0 Å². The molecule has 0 heterocycles. The first-order chi connectivity index (χ1) is 5.96. The highest BCUT2D eigenvalue weighted by atomic mass is 16.3. The van der Waals surface area contributed by atoms with Crippen LogP contribution < -0.4 is 5.73 Å². The topological polar surface area (TPSA) is 46.2 Å². The van der Waals surface area contributed by atoms with Gasteiger partial charge < -0.3 is 10.8 Å². The van der Waals surface area contributed by atoms with E-state index in [0.29, 0.717) is 11.8 Å². The molecule has 78 valence electrons. The van der Waals surface area contributed by atoms with Crippen LogP contribution in [-0.2, 0) is 0 Å². The maximum absolute atomic E-state index is 10.4. The van der Waals surface area contributed by atoms with E-state index in [0.717, 1.165) is 19.3 Å². The average Bonchev–Trinajstić information content (AvgIpc) is 2.02. The van der Waals surface area contributed by atoms with Gasteiger partial charge in [0.25, 0.3) is 0 Å². The van der Waals surface area contributed by atoms with E-state index < -0.39 is 5.60 Å². The second-order valence-corrected chi connectivity index (χ2v) is 5.07. The number of rotatable bonds is 2. The first kappa shape index (κ1) is 11.0. The van der Waals surface area contributed by atoms with Crippen molar-refractivity contribution in [1.29, 1.82) is 0 Å². The first-order valence-electron chi connectivity index (χ1n) is 5.43. The van der Waals surface area contributed by atoms with Crippen molar-refractivity contribution < 1.29 is 5.11 Å². The number of hydrogen-bond acceptors (Lipinski definition) is 2. The smallest absolute Gasteiger partial charge is 0.0802 e. The predicted octanol–water partition coefficient (Wildman–Crippen LogP) is 1.91. The van der Waals surface area contributed by atoms with Gasteiger partial charge in [-0.05, 0) is 24.7 Å². The van der Waals surface area contributed by atoms with E-state index in [9.17, 15) is 5.11 Å². The molecular formula is C11H23NO. The van der Waals surface area contributed by atoms with Crippen LogP contribution in [0.5, 0.6) is 0 Å². The second kappa shape index (κ2) is 3.97. The molecule has 3 atom stereocenters. The molecule has 1 rings (SSSR count). The number of aliphatic hydroxyl groups is 1. The molecule has 2 heteroatoms. The van der Waals surface area contributed by atoms with Crippen molar-refractivity contribution in [3.05, 3.63) is 0 Å². The fourth-order valence-electron chi connectivity index (χ4n) is 2.49. The molecule has 0 aromatic rings. The molecule has 2 nitrogen and oxygen atoms in total. The van der Waals surface area contributed by atoms with Gasteiger partial charge in [0.1, 0.15) is 0 Å². The van der Waals surface area contributed by atoms with Gasteiger partial charge in [0.05, 0.1) is 5.60 Å². The fourth-order valence-corrected chi connectivity index (χ4v) is 2.49. The zero-order chi connectivity index (χ0) is 10.1. The zero-order valence-electron chi connectivity index (χ0n) is 9.09. The van der Waals surface area contributed by atoms with E-state index in [2.05, 4.69) is 20.8 Å². The summed E-state index contributed by atoms with van der Waals surface area (Å²) in [4.78, 5) is 0. The van der Waals surface area contributed by atoms with Gasteiger partial charge >= 0.3 is 0 Å². The third kappa shape index (κ3) is 2.44. The van der Waals surface area contributed by atoms with Crippen LogP contribution in [0.15, 0.2) is 0 Å². The Labute approximate surface area is 81.5 Å². The third-order valence-corrected chi connectivity index (χ3v) is 3.35. The van der Waals surface area contributed by atoms with E-state index in [1.165, 1.54) is 6.42 Å². The molecule has 3 unspecified atom stereocenters. The first-order valence-corrected chi connectivity index (χ1v) is 5.43. The molecule has 0 aromatic heterocycles. The van der Waals surface area contributed by atoms with Crippen LogP contribution in [0.25, 0.3) is 0 Å². The molecule has 0 aromatic carbocycles. The molecule has 0 saturated heterocycles. The molecule has 0 amide bonds. The van der Waals surface area contributed by atoms with Crippen molar-refractivity contribution in [2.24, 2.45) is 17.6 Å². The standard InChI is InChI=1S/C11H23NO/c1-8(2)10(12)11(13)6-4-5-9(3)7-11/h8-10,13H,4-7,12H2,1-3H3. The summed E-state index contributed by atoms with van der Waals surface area (Å²) in [6.45, 7) is 6.38. The van der Waals surface area contributed by atoms with Crippen LogP contribution in [0.1, 0.15) is 46.5 Å². The highest BCUT2D eigenvalue weighted by Gasteiger charge is 2.39. The summed E-state index contributed by atoms with van der Waals surface area (Å²) in [7, 11) is 0. The minimum atomic E-state index is -0.591. The maximum atomic E-state index is 10.4. The molecule has 1 fully saturated rings. The zero-order valence-corrected chi connectivity index (χ0v) is 9.09. The highest BCUT2D eigenvalue weighted by Crippen LogP contribution is 2.35. The van der Waals surface area contributed by atoms with Crippen molar-refractivity contribution in [3.63, 3.8) is 0 Å². The predicted molar refractivity (Wildman–Crippen MR) is 55.4 cm³/mol. The van der Waals surface area contributed by atoms with Crippen LogP contribution >= 0.6 is 0 Å². The molecule has 0 bridgehead atoms. The molecule has 1 aliphatic rings.